The second-order valence-corrected chi connectivity index (χ2v) is 10.8. The van der Waals surface area contributed by atoms with Gasteiger partial charge in [0.25, 0.3) is 0 Å². The van der Waals surface area contributed by atoms with E-state index in [2.05, 4.69) is 53.2 Å². The van der Waals surface area contributed by atoms with Gasteiger partial charge in [-0.05, 0) is 85.4 Å². The van der Waals surface area contributed by atoms with Crippen molar-refractivity contribution >= 4 is 0 Å². The molecule has 7 nitrogen and oxygen atoms in total. The van der Waals surface area contributed by atoms with Crippen LogP contribution in [0.25, 0.3) is 11.1 Å². The molecule has 0 unspecified atom stereocenters. The Morgan fingerprint density at radius 3 is 2.57 bits per heavy atom. The Balaban J connectivity index is 1.20. The Hall–Kier alpha value is -4.54. The third kappa shape index (κ3) is 6.50. The van der Waals surface area contributed by atoms with Crippen LogP contribution in [0.3, 0.4) is 0 Å². The summed E-state index contributed by atoms with van der Waals surface area (Å²) in [6.07, 6.45) is 5.40. The maximum Gasteiger partial charge on any atom is 0.161 e. The van der Waals surface area contributed by atoms with Gasteiger partial charge >= 0.3 is 0 Å². The van der Waals surface area contributed by atoms with Crippen molar-refractivity contribution in [3.05, 3.63) is 101 Å². The highest BCUT2D eigenvalue weighted by Crippen LogP contribution is 2.36. The van der Waals surface area contributed by atoms with Crippen molar-refractivity contribution in [3.8, 4) is 40.2 Å². The first-order chi connectivity index (χ1) is 20.7. The number of benzene rings is 3. The van der Waals surface area contributed by atoms with Gasteiger partial charge in [-0.1, -0.05) is 36.8 Å². The van der Waals surface area contributed by atoms with E-state index < -0.39 is 0 Å². The van der Waals surface area contributed by atoms with Crippen LogP contribution in [0.5, 0.6) is 23.0 Å². The number of aromatic nitrogens is 1. The van der Waals surface area contributed by atoms with Gasteiger partial charge in [0.1, 0.15) is 37.9 Å². The van der Waals surface area contributed by atoms with Crippen LogP contribution in [0.15, 0.2) is 72.9 Å². The lowest BCUT2D eigenvalue weighted by molar-refractivity contribution is 0.171. The average Bonchev–Trinajstić information content (AvgIpc) is 3.04. The highest BCUT2D eigenvalue weighted by Gasteiger charge is 2.17. The number of hydrogen-bond donors (Lipinski definition) is 0. The van der Waals surface area contributed by atoms with Crippen LogP contribution in [0.2, 0.25) is 0 Å². The summed E-state index contributed by atoms with van der Waals surface area (Å²) in [6.45, 7) is 7.01. The summed E-state index contributed by atoms with van der Waals surface area (Å²) in [5, 5.41) is 9.26. The van der Waals surface area contributed by atoms with Gasteiger partial charge in [0.05, 0.1) is 17.3 Å². The highest BCUT2D eigenvalue weighted by atomic mass is 16.6. The zero-order valence-corrected chi connectivity index (χ0v) is 24.0. The fourth-order valence-corrected chi connectivity index (χ4v) is 5.55. The topological polar surface area (TPSA) is 76.8 Å². The largest absolute Gasteiger partial charge is 0.489 e. The Kier molecular flexibility index (Phi) is 8.53. The molecule has 214 valence electrons. The van der Waals surface area contributed by atoms with Crippen LogP contribution in [0, 0.1) is 18.3 Å². The van der Waals surface area contributed by atoms with E-state index >= 15 is 0 Å². The number of likely N-dealkylation sites (tertiary alicyclic amines) is 1. The Labute approximate surface area is 247 Å². The summed E-state index contributed by atoms with van der Waals surface area (Å²) in [7, 11) is 0. The number of nitrogens with zero attached hydrogens (tertiary/aromatic N) is 3. The van der Waals surface area contributed by atoms with Gasteiger partial charge in [-0.2, -0.15) is 5.26 Å². The molecule has 1 fully saturated rings. The van der Waals surface area contributed by atoms with Crippen LogP contribution in [0.1, 0.15) is 47.2 Å². The molecule has 0 aliphatic carbocycles. The van der Waals surface area contributed by atoms with Crippen LogP contribution in [0.4, 0.5) is 0 Å². The van der Waals surface area contributed by atoms with E-state index in [1.54, 1.807) is 18.3 Å². The lowest BCUT2D eigenvalue weighted by atomic mass is 9.96. The van der Waals surface area contributed by atoms with E-state index in [1.165, 1.54) is 19.3 Å². The van der Waals surface area contributed by atoms with Crippen LogP contribution < -0.4 is 18.9 Å². The number of hydrogen-bond acceptors (Lipinski definition) is 7. The van der Waals surface area contributed by atoms with E-state index in [0.717, 1.165) is 76.1 Å². The minimum absolute atomic E-state index is 0.280. The van der Waals surface area contributed by atoms with Crippen LogP contribution in [-0.4, -0.2) is 36.2 Å². The summed E-state index contributed by atoms with van der Waals surface area (Å²) < 4.78 is 24.1. The predicted molar refractivity (Wildman–Crippen MR) is 161 cm³/mol. The Bertz CT molecular complexity index is 1590. The molecule has 7 heteroatoms. The second-order valence-electron chi connectivity index (χ2n) is 10.8. The molecule has 0 radical (unpaired) electrons. The van der Waals surface area contributed by atoms with Crippen molar-refractivity contribution < 1.29 is 18.9 Å². The smallest absolute Gasteiger partial charge is 0.161 e. The molecule has 3 aromatic carbocycles. The second kappa shape index (κ2) is 13.0. The van der Waals surface area contributed by atoms with Crippen molar-refractivity contribution in [3.63, 3.8) is 0 Å². The van der Waals surface area contributed by atoms with E-state index in [0.29, 0.717) is 25.4 Å². The van der Waals surface area contributed by atoms with Gasteiger partial charge in [-0.3, -0.25) is 9.88 Å². The third-order valence-corrected chi connectivity index (χ3v) is 7.90. The lowest BCUT2D eigenvalue weighted by Gasteiger charge is -2.27. The summed E-state index contributed by atoms with van der Waals surface area (Å²) in [5.41, 5.74) is 6.92. The first-order valence-corrected chi connectivity index (χ1v) is 14.6. The molecule has 0 N–H and O–H groups in total. The van der Waals surface area contributed by atoms with E-state index in [4.69, 9.17) is 18.9 Å². The van der Waals surface area contributed by atoms with E-state index in [1.807, 2.05) is 24.3 Å². The zero-order chi connectivity index (χ0) is 28.7. The molecule has 6 rings (SSSR count). The standard InChI is InChI=1S/C35H35N3O4/c1-25-29(6-5-7-32(25)27-9-11-33-35(19-27)40-17-16-39-33)23-41-31-10-8-28(22-38-14-3-2-4-15-38)34(20-31)42-24-30-18-26(21-36)12-13-37-30/h5-13,18-20H,2-4,14-17,22-24H2,1H3. The van der Waals surface area contributed by atoms with Gasteiger partial charge in [0, 0.05) is 24.4 Å². The van der Waals surface area contributed by atoms with Crippen molar-refractivity contribution in [1.82, 2.24) is 9.88 Å². The number of ether oxygens (including phenoxy) is 4. The normalized spacial score (nSPS) is 14.7. The van der Waals surface area contributed by atoms with Gasteiger partial charge < -0.3 is 18.9 Å². The molecule has 0 saturated carbocycles. The number of piperidine rings is 1. The number of fused-ring (bicyclic) bond motifs is 1. The minimum Gasteiger partial charge on any atom is -0.489 e. The first kappa shape index (κ1) is 27.6. The molecule has 0 amide bonds. The molecule has 3 heterocycles. The molecular weight excluding hydrogens is 526 g/mol. The Morgan fingerprint density at radius 2 is 1.71 bits per heavy atom. The summed E-state index contributed by atoms with van der Waals surface area (Å²) >= 11 is 0. The molecule has 4 aromatic rings. The monoisotopic (exact) mass is 561 g/mol. The molecule has 0 atom stereocenters. The van der Waals surface area contributed by atoms with Crippen molar-refractivity contribution in [2.24, 2.45) is 0 Å². The summed E-state index contributed by atoms with van der Waals surface area (Å²) in [5.74, 6) is 3.10. The maximum atomic E-state index is 9.26. The summed E-state index contributed by atoms with van der Waals surface area (Å²) in [6, 6.07) is 24.1. The number of rotatable bonds is 9. The maximum absolute atomic E-state index is 9.26. The van der Waals surface area contributed by atoms with Gasteiger partial charge in [-0.15, -0.1) is 0 Å². The molecular formula is C35H35N3O4. The average molecular weight is 562 g/mol. The molecule has 2 aliphatic rings. The molecule has 0 spiro atoms. The fourth-order valence-electron chi connectivity index (χ4n) is 5.55. The van der Waals surface area contributed by atoms with Crippen LogP contribution in [-0.2, 0) is 19.8 Å². The SMILES string of the molecule is Cc1c(COc2ccc(CN3CCCCC3)c(OCc3cc(C#N)ccn3)c2)cccc1-c1ccc2c(c1)OCCO2. The van der Waals surface area contributed by atoms with Gasteiger partial charge in [-0.25, -0.2) is 0 Å². The lowest BCUT2D eigenvalue weighted by Crippen LogP contribution is -2.29. The van der Waals surface area contributed by atoms with E-state index in [9.17, 15) is 5.26 Å². The predicted octanol–water partition coefficient (Wildman–Crippen LogP) is 6.84. The Morgan fingerprint density at radius 1 is 0.857 bits per heavy atom. The zero-order valence-electron chi connectivity index (χ0n) is 24.0. The molecule has 2 aliphatic heterocycles. The summed E-state index contributed by atoms with van der Waals surface area (Å²) in [4.78, 5) is 6.86. The van der Waals surface area contributed by atoms with Crippen molar-refractivity contribution in [1.29, 1.82) is 5.26 Å². The van der Waals surface area contributed by atoms with Crippen LogP contribution >= 0.6 is 0 Å². The molecule has 1 aromatic heterocycles. The highest BCUT2D eigenvalue weighted by molar-refractivity contribution is 5.71. The third-order valence-electron chi connectivity index (χ3n) is 7.90. The molecule has 42 heavy (non-hydrogen) atoms. The number of pyridine rings is 1. The number of nitriles is 1. The van der Waals surface area contributed by atoms with Crippen molar-refractivity contribution in [2.75, 3.05) is 26.3 Å². The molecule has 1 saturated heterocycles. The fraction of sp³-hybridized carbons (Fsp3) is 0.314. The molecule has 0 bridgehead atoms. The first-order valence-electron chi connectivity index (χ1n) is 14.6. The quantitative estimate of drug-likeness (QED) is 0.221. The van der Waals surface area contributed by atoms with Crippen molar-refractivity contribution in [2.45, 2.75) is 45.9 Å². The minimum atomic E-state index is 0.280. The van der Waals surface area contributed by atoms with Gasteiger partial charge in [0.15, 0.2) is 11.5 Å². The van der Waals surface area contributed by atoms with E-state index in [-0.39, 0.29) is 6.61 Å². The van der Waals surface area contributed by atoms with Gasteiger partial charge in [0.2, 0.25) is 0 Å².